The van der Waals surface area contributed by atoms with Gasteiger partial charge in [0.1, 0.15) is 18.1 Å². The summed E-state index contributed by atoms with van der Waals surface area (Å²) in [4.78, 5) is 25.1. The molecule has 2 fully saturated rings. The molecule has 13 N–H and O–H groups in total. The van der Waals surface area contributed by atoms with Crippen LogP contribution in [0.25, 0.3) is 0 Å². The number of aliphatic hydroxyl groups is 10. The van der Waals surface area contributed by atoms with Gasteiger partial charge in [0.25, 0.3) is 0 Å². The van der Waals surface area contributed by atoms with E-state index in [1.165, 1.54) is 13.0 Å². The fourth-order valence-electron chi connectivity index (χ4n) is 7.97. The maximum absolute atomic E-state index is 12.6. The second-order valence-electron chi connectivity index (χ2n) is 17.6. The number of rotatable bonds is 3. The van der Waals surface area contributed by atoms with Gasteiger partial charge in [0.15, 0.2) is 12.1 Å². The minimum absolute atomic E-state index is 0.107. The van der Waals surface area contributed by atoms with Gasteiger partial charge in [0, 0.05) is 37.5 Å². The molecule has 3 aliphatic rings. The fraction of sp³-hybridized carbons (Fsp3) is 0.660. The molecule has 2 bridgehead atoms. The first kappa shape index (κ1) is 55.9. The highest BCUT2D eigenvalue weighted by atomic mass is 16.7. The molecule has 0 aromatic rings. The Morgan fingerprint density at radius 3 is 1.82 bits per heavy atom. The number of aliphatic hydroxyl groups excluding tert-OH is 9. The summed E-state index contributed by atoms with van der Waals surface area (Å²) < 4.78 is 23.1. The van der Waals surface area contributed by atoms with Crippen LogP contribution in [0.15, 0.2) is 85.1 Å². The zero-order chi connectivity index (χ0) is 48.4. The van der Waals surface area contributed by atoms with E-state index < -0.39 is 147 Å². The molecule has 0 aromatic carbocycles. The predicted molar refractivity (Wildman–Crippen MR) is 237 cm³/mol. The monoisotopic (exact) mass is 923 g/mol. The van der Waals surface area contributed by atoms with Crippen molar-refractivity contribution in [1.82, 2.24) is 0 Å². The Bertz CT molecular complexity index is 1670. The predicted octanol–water partition coefficient (Wildman–Crippen LogP) is 0.712. The molecule has 3 heterocycles. The maximum atomic E-state index is 12.6. The summed E-state index contributed by atoms with van der Waals surface area (Å²) in [5, 5.41) is 118. The van der Waals surface area contributed by atoms with Gasteiger partial charge in [-0.15, -0.1) is 0 Å². The van der Waals surface area contributed by atoms with Crippen LogP contribution in [-0.4, -0.2) is 166 Å². The van der Waals surface area contributed by atoms with Crippen LogP contribution >= 0.6 is 0 Å². The lowest BCUT2D eigenvalue weighted by atomic mass is 9.82. The van der Waals surface area contributed by atoms with Gasteiger partial charge in [-0.05, 0) is 33.1 Å². The Hall–Kier alpha value is -3.44. The van der Waals surface area contributed by atoms with Gasteiger partial charge < -0.3 is 80.9 Å². The molecular weight excluding hydrogens is 851 g/mol. The highest BCUT2D eigenvalue weighted by Crippen LogP contribution is 2.38. The third-order valence-corrected chi connectivity index (χ3v) is 12.0. The SMILES string of the molecule is CC1OC(O[C@H]2/C=C/C=C/C=C/C=C/C=C/C=C/C=C\[C@H](C)[C@@H](O)[C@@H](C)[C@H](C)OC(=O)C[C@H](O)C[C@H](O)CC[C@@H](O)[C@H](O)C[C@H](O)C[C@]3(O)C[C@H](O)[C@@H](C(=O)O)[C@H](C2)O3)C(O)C(N)C1O. The molecule has 18 heteroatoms. The molecule has 3 aliphatic heterocycles. The maximum Gasteiger partial charge on any atom is 0.311 e. The molecule has 3 rings (SSSR count). The Morgan fingerprint density at radius 1 is 0.662 bits per heavy atom. The molecular formula is C47H73NO17. The number of cyclic esters (lactones) is 1. The summed E-state index contributed by atoms with van der Waals surface area (Å²) in [6, 6.07) is -1.15. The summed E-state index contributed by atoms with van der Waals surface area (Å²) in [6.07, 6.45) is 3.46. The van der Waals surface area contributed by atoms with Crippen LogP contribution in [-0.2, 0) is 28.5 Å². The molecule has 0 saturated carbocycles. The van der Waals surface area contributed by atoms with Crippen molar-refractivity contribution in [1.29, 1.82) is 0 Å². The van der Waals surface area contributed by atoms with Crippen LogP contribution in [0.5, 0.6) is 0 Å². The fourth-order valence-corrected chi connectivity index (χ4v) is 7.97. The van der Waals surface area contributed by atoms with Crippen molar-refractivity contribution in [2.45, 2.75) is 177 Å². The quantitative estimate of drug-likeness (QED) is 0.174. The van der Waals surface area contributed by atoms with Crippen LogP contribution in [0.3, 0.4) is 0 Å². The summed E-state index contributed by atoms with van der Waals surface area (Å²) in [5.41, 5.74) is 6.02. The lowest BCUT2D eigenvalue weighted by molar-refractivity contribution is -0.308. The Balaban J connectivity index is 1.86. The van der Waals surface area contributed by atoms with Crippen molar-refractivity contribution >= 4 is 11.9 Å². The van der Waals surface area contributed by atoms with Gasteiger partial charge in [-0.2, -0.15) is 0 Å². The minimum atomic E-state index is -2.33. The normalized spacial score (nSPS) is 45.5. The van der Waals surface area contributed by atoms with Crippen molar-refractivity contribution in [3.63, 3.8) is 0 Å². The molecule has 368 valence electrons. The van der Waals surface area contributed by atoms with Crippen molar-refractivity contribution in [3.05, 3.63) is 85.1 Å². The molecule has 0 radical (unpaired) electrons. The van der Waals surface area contributed by atoms with Gasteiger partial charge in [0.2, 0.25) is 0 Å². The largest absolute Gasteiger partial charge is 0.481 e. The molecule has 19 atom stereocenters. The van der Waals surface area contributed by atoms with E-state index in [1.54, 1.807) is 80.7 Å². The first-order valence-corrected chi connectivity index (χ1v) is 22.3. The van der Waals surface area contributed by atoms with Crippen LogP contribution in [0.4, 0.5) is 0 Å². The van der Waals surface area contributed by atoms with Crippen molar-refractivity contribution in [2.75, 3.05) is 0 Å². The molecule has 5 unspecified atom stereocenters. The number of hydrogen-bond acceptors (Lipinski definition) is 17. The van der Waals surface area contributed by atoms with Gasteiger partial charge in [0.05, 0.1) is 79.6 Å². The third kappa shape index (κ3) is 18.6. The molecule has 65 heavy (non-hydrogen) atoms. The van der Waals surface area contributed by atoms with Gasteiger partial charge in [-0.25, -0.2) is 0 Å². The number of allylic oxidation sites excluding steroid dienone is 12. The number of fused-ring (bicyclic) bond motifs is 2. The van der Waals surface area contributed by atoms with Crippen molar-refractivity contribution < 1.29 is 84.7 Å². The first-order valence-electron chi connectivity index (χ1n) is 22.3. The zero-order valence-corrected chi connectivity index (χ0v) is 37.6. The number of carboxylic acids is 1. The van der Waals surface area contributed by atoms with Crippen LogP contribution in [0.1, 0.15) is 79.1 Å². The number of carbonyl (C=O) groups excluding carboxylic acids is 1. The number of carboxylic acid groups (broad SMARTS) is 1. The molecule has 0 spiro atoms. The number of carbonyl (C=O) groups is 2. The van der Waals surface area contributed by atoms with E-state index in [0.29, 0.717) is 0 Å². The third-order valence-electron chi connectivity index (χ3n) is 12.0. The van der Waals surface area contributed by atoms with Gasteiger partial charge in [-0.1, -0.05) is 98.9 Å². The summed E-state index contributed by atoms with van der Waals surface area (Å²) >= 11 is 0. The Labute approximate surface area is 381 Å². The van der Waals surface area contributed by atoms with Crippen molar-refractivity contribution in [2.24, 2.45) is 23.5 Å². The second-order valence-corrected chi connectivity index (χ2v) is 17.6. The summed E-state index contributed by atoms with van der Waals surface area (Å²) in [7, 11) is 0. The second kappa shape index (κ2) is 27.4. The van der Waals surface area contributed by atoms with Gasteiger partial charge in [-0.3, -0.25) is 9.59 Å². The summed E-state index contributed by atoms with van der Waals surface area (Å²) in [6.45, 7) is 6.74. The molecule has 0 aliphatic carbocycles. The molecule has 18 nitrogen and oxygen atoms in total. The molecule has 0 amide bonds. The Kier molecular flexibility index (Phi) is 23.6. The number of esters is 1. The highest BCUT2D eigenvalue weighted by molar-refractivity contribution is 5.71. The average Bonchev–Trinajstić information content (AvgIpc) is 3.21. The number of hydrogen-bond donors (Lipinski definition) is 12. The molecule has 2 saturated heterocycles. The van der Waals surface area contributed by atoms with E-state index in [9.17, 15) is 65.8 Å². The number of ether oxygens (including phenoxy) is 4. The van der Waals surface area contributed by atoms with Crippen LogP contribution in [0.2, 0.25) is 0 Å². The summed E-state index contributed by atoms with van der Waals surface area (Å²) in [5.74, 6) is -6.83. The van der Waals surface area contributed by atoms with Gasteiger partial charge >= 0.3 is 11.9 Å². The lowest BCUT2D eigenvalue weighted by Crippen LogP contribution is -2.61. The van der Waals surface area contributed by atoms with E-state index in [2.05, 4.69) is 0 Å². The average molecular weight is 924 g/mol. The standard InChI is InChI=1S/C47H73NO17/c1-27-17-15-13-11-9-7-5-6-8-10-12-14-16-18-34(64-46-44(58)41(48)43(57)30(4)63-46)24-38-40(45(59)60)37(54)26-47(61,65-38)25-33(51)22-36(53)35(52)20-19-31(49)21-32(50)23-39(55)62-29(3)28(2)42(27)56/h5-18,27-38,40-44,46,49-54,56-58,61H,19-26,48H2,1-4H3,(H,59,60)/b6-5+,9-7+,10-8+,13-11+,14-12+,17-15-,18-16+/t27-,28-,29-,30?,31+,32+,33-,34-,35+,36+,37-,38-,40+,41?,42+,43?,44?,46?,47+/m0/s1. The van der Waals surface area contributed by atoms with E-state index in [0.717, 1.165) is 0 Å². The van der Waals surface area contributed by atoms with Crippen LogP contribution in [0, 0.1) is 17.8 Å². The molecule has 0 aromatic heterocycles. The highest BCUT2D eigenvalue weighted by Gasteiger charge is 2.51. The lowest BCUT2D eigenvalue weighted by Gasteiger charge is -2.45. The van der Waals surface area contributed by atoms with Crippen molar-refractivity contribution in [3.8, 4) is 0 Å². The number of aliphatic carboxylic acids is 1. The van der Waals surface area contributed by atoms with Crippen LogP contribution < -0.4 is 5.73 Å². The smallest absolute Gasteiger partial charge is 0.311 e. The first-order chi connectivity index (χ1) is 30.6. The minimum Gasteiger partial charge on any atom is -0.481 e. The topological polar surface area (TPSA) is 320 Å². The number of nitrogens with two attached hydrogens (primary N) is 1. The van der Waals surface area contributed by atoms with E-state index in [4.69, 9.17) is 24.7 Å². The van der Waals surface area contributed by atoms with E-state index in [1.807, 2.05) is 19.1 Å². The van der Waals surface area contributed by atoms with E-state index in [-0.39, 0.29) is 31.6 Å². The van der Waals surface area contributed by atoms with E-state index >= 15 is 0 Å². The Morgan fingerprint density at radius 2 is 1.23 bits per heavy atom. The zero-order valence-electron chi connectivity index (χ0n) is 37.6.